The number of nitrogens with one attached hydrogen (secondary N) is 1. The number of benzene rings is 1. The molecule has 21 heavy (non-hydrogen) atoms. The van der Waals surface area contributed by atoms with Crippen LogP contribution in [-0.4, -0.2) is 6.54 Å². The summed E-state index contributed by atoms with van der Waals surface area (Å²) in [5.41, 5.74) is 2.97. The fourth-order valence-corrected chi connectivity index (χ4v) is 3.77. The molecule has 1 atom stereocenters. The van der Waals surface area contributed by atoms with Crippen LogP contribution in [0.5, 0.6) is 0 Å². The van der Waals surface area contributed by atoms with E-state index in [1.165, 1.54) is 19.8 Å². The third kappa shape index (κ3) is 4.94. The molecular formula is C18H24BrNS. The van der Waals surface area contributed by atoms with Gasteiger partial charge < -0.3 is 5.32 Å². The highest BCUT2D eigenvalue weighted by molar-refractivity contribution is 9.11. The van der Waals surface area contributed by atoms with Gasteiger partial charge in [0, 0.05) is 17.5 Å². The molecule has 0 aliphatic heterocycles. The summed E-state index contributed by atoms with van der Waals surface area (Å²) in [6, 6.07) is 13.7. The van der Waals surface area contributed by atoms with Gasteiger partial charge >= 0.3 is 0 Å². The van der Waals surface area contributed by atoms with Crippen molar-refractivity contribution in [1.29, 1.82) is 0 Å². The summed E-state index contributed by atoms with van der Waals surface area (Å²) >= 11 is 5.33. The maximum absolute atomic E-state index is 3.61. The lowest BCUT2D eigenvalue weighted by atomic mass is 9.86. The van der Waals surface area contributed by atoms with Crippen molar-refractivity contribution in [1.82, 2.24) is 5.32 Å². The molecule has 1 unspecified atom stereocenters. The third-order valence-corrected chi connectivity index (χ3v) is 5.41. The Morgan fingerprint density at radius 3 is 2.29 bits per heavy atom. The zero-order valence-electron chi connectivity index (χ0n) is 13.2. The summed E-state index contributed by atoms with van der Waals surface area (Å²) in [5, 5.41) is 3.61. The quantitative estimate of drug-likeness (QED) is 0.716. The van der Waals surface area contributed by atoms with Gasteiger partial charge in [0.15, 0.2) is 0 Å². The van der Waals surface area contributed by atoms with E-state index in [0.29, 0.717) is 6.04 Å². The van der Waals surface area contributed by atoms with Gasteiger partial charge in [0.05, 0.1) is 3.79 Å². The number of thiophene rings is 1. The van der Waals surface area contributed by atoms with E-state index in [1.54, 1.807) is 0 Å². The van der Waals surface area contributed by atoms with Crippen molar-refractivity contribution in [2.75, 3.05) is 6.54 Å². The second kappa shape index (κ2) is 7.08. The Hall–Kier alpha value is -0.640. The van der Waals surface area contributed by atoms with E-state index in [0.717, 1.165) is 13.0 Å². The summed E-state index contributed by atoms with van der Waals surface area (Å²) < 4.78 is 1.21. The molecular weight excluding hydrogens is 342 g/mol. The van der Waals surface area contributed by atoms with Crippen molar-refractivity contribution < 1.29 is 0 Å². The molecule has 0 saturated heterocycles. The van der Waals surface area contributed by atoms with Gasteiger partial charge in [0.25, 0.3) is 0 Å². The van der Waals surface area contributed by atoms with Gasteiger partial charge in [-0.1, -0.05) is 45.0 Å². The molecule has 1 aromatic carbocycles. The van der Waals surface area contributed by atoms with E-state index in [2.05, 4.69) is 85.3 Å². The zero-order valence-corrected chi connectivity index (χ0v) is 15.6. The molecule has 2 rings (SSSR count). The topological polar surface area (TPSA) is 12.0 Å². The third-order valence-electron chi connectivity index (χ3n) is 3.73. The van der Waals surface area contributed by atoms with Crippen molar-refractivity contribution in [3.05, 3.63) is 56.2 Å². The maximum atomic E-state index is 3.61. The minimum absolute atomic E-state index is 0.224. The Balaban J connectivity index is 1.87. The lowest BCUT2D eigenvalue weighted by Gasteiger charge is -2.20. The summed E-state index contributed by atoms with van der Waals surface area (Å²) in [7, 11) is 0. The first-order chi connectivity index (χ1) is 9.86. The predicted octanol–water partition coefficient (Wildman–Crippen LogP) is 5.70. The maximum Gasteiger partial charge on any atom is 0.0701 e. The molecule has 3 heteroatoms. The van der Waals surface area contributed by atoms with E-state index in [1.807, 2.05) is 11.3 Å². The molecule has 0 radical (unpaired) electrons. The fourth-order valence-electron chi connectivity index (χ4n) is 2.29. The molecule has 114 valence electrons. The van der Waals surface area contributed by atoms with Crippen molar-refractivity contribution >= 4 is 27.3 Å². The number of hydrogen-bond donors (Lipinski definition) is 1. The summed E-state index contributed by atoms with van der Waals surface area (Å²) in [5.74, 6) is 0. The molecule has 0 aliphatic carbocycles. The van der Waals surface area contributed by atoms with Crippen molar-refractivity contribution in [3.63, 3.8) is 0 Å². The number of hydrogen-bond acceptors (Lipinski definition) is 2. The zero-order chi connectivity index (χ0) is 15.5. The number of halogens is 1. The normalized spacial score (nSPS) is 13.4. The Bertz CT molecular complexity index is 566. The van der Waals surface area contributed by atoms with Gasteiger partial charge in [-0.3, -0.25) is 0 Å². The van der Waals surface area contributed by atoms with Crippen LogP contribution in [0.3, 0.4) is 0 Å². The molecule has 0 aliphatic rings. The highest BCUT2D eigenvalue weighted by Gasteiger charge is 2.13. The van der Waals surface area contributed by atoms with Gasteiger partial charge in [-0.25, -0.2) is 0 Å². The monoisotopic (exact) mass is 365 g/mol. The van der Waals surface area contributed by atoms with Gasteiger partial charge in [0.1, 0.15) is 0 Å². The average molecular weight is 366 g/mol. The Kier molecular flexibility index (Phi) is 5.64. The highest BCUT2D eigenvalue weighted by Crippen LogP contribution is 2.24. The lowest BCUT2D eigenvalue weighted by molar-refractivity contribution is 0.572. The van der Waals surface area contributed by atoms with Crippen LogP contribution in [0.1, 0.15) is 49.7 Å². The Morgan fingerprint density at radius 2 is 1.76 bits per heavy atom. The van der Waals surface area contributed by atoms with Crippen LogP contribution in [0.15, 0.2) is 40.2 Å². The van der Waals surface area contributed by atoms with Crippen molar-refractivity contribution in [2.24, 2.45) is 0 Å². The molecule has 1 nitrogen and oxygen atoms in total. The fraction of sp³-hybridized carbons (Fsp3) is 0.444. The molecule has 1 aromatic heterocycles. The first-order valence-corrected chi connectivity index (χ1v) is 9.05. The first kappa shape index (κ1) is 16.7. The van der Waals surface area contributed by atoms with Crippen LogP contribution in [0.2, 0.25) is 0 Å². The van der Waals surface area contributed by atoms with E-state index in [4.69, 9.17) is 0 Å². The standard InChI is InChI=1S/C18H24BrNS/c1-13(20-12-11-16-9-10-17(19)21-16)14-5-7-15(8-6-14)18(2,3)4/h5-10,13,20H,11-12H2,1-4H3. The first-order valence-electron chi connectivity index (χ1n) is 7.44. The molecule has 2 aromatic rings. The Morgan fingerprint density at radius 1 is 1.10 bits per heavy atom. The predicted molar refractivity (Wildman–Crippen MR) is 97.3 cm³/mol. The van der Waals surface area contributed by atoms with Crippen LogP contribution in [-0.2, 0) is 11.8 Å². The summed E-state index contributed by atoms with van der Waals surface area (Å²) in [6.07, 6.45) is 1.08. The SMILES string of the molecule is CC(NCCc1ccc(Br)s1)c1ccc(C(C)(C)C)cc1. The van der Waals surface area contributed by atoms with Gasteiger partial charge in [-0.05, 0) is 57.9 Å². The van der Waals surface area contributed by atoms with Crippen LogP contribution in [0.25, 0.3) is 0 Å². The summed E-state index contributed by atoms with van der Waals surface area (Å²) in [4.78, 5) is 1.42. The van der Waals surface area contributed by atoms with Gasteiger partial charge in [0.2, 0.25) is 0 Å². The second-order valence-corrected chi connectivity index (χ2v) is 9.05. The van der Waals surface area contributed by atoms with Crippen molar-refractivity contribution in [3.8, 4) is 0 Å². The summed E-state index contributed by atoms with van der Waals surface area (Å²) in [6.45, 7) is 10.0. The molecule has 0 fully saturated rings. The molecule has 1 heterocycles. The molecule has 0 saturated carbocycles. The van der Waals surface area contributed by atoms with Crippen LogP contribution in [0.4, 0.5) is 0 Å². The van der Waals surface area contributed by atoms with E-state index in [-0.39, 0.29) is 5.41 Å². The lowest BCUT2D eigenvalue weighted by Crippen LogP contribution is -2.21. The van der Waals surface area contributed by atoms with Gasteiger partial charge in [-0.15, -0.1) is 11.3 Å². The minimum Gasteiger partial charge on any atom is -0.310 e. The molecule has 0 spiro atoms. The van der Waals surface area contributed by atoms with Gasteiger partial charge in [-0.2, -0.15) is 0 Å². The van der Waals surface area contributed by atoms with E-state index < -0.39 is 0 Å². The molecule has 1 N–H and O–H groups in total. The molecule has 0 amide bonds. The van der Waals surface area contributed by atoms with Crippen LogP contribution >= 0.6 is 27.3 Å². The number of rotatable bonds is 5. The van der Waals surface area contributed by atoms with E-state index >= 15 is 0 Å². The smallest absolute Gasteiger partial charge is 0.0701 e. The van der Waals surface area contributed by atoms with Crippen LogP contribution in [0, 0.1) is 0 Å². The molecule has 0 bridgehead atoms. The average Bonchev–Trinajstić information content (AvgIpc) is 2.83. The van der Waals surface area contributed by atoms with Crippen molar-refractivity contribution in [2.45, 2.75) is 45.6 Å². The highest BCUT2D eigenvalue weighted by atomic mass is 79.9. The van der Waals surface area contributed by atoms with Crippen LogP contribution < -0.4 is 5.32 Å². The minimum atomic E-state index is 0.224. The Labute approximate surface area is 140 Å². The van der Waals surface area contributed by atoms with E-state index in [9.17, 15) is 0 Å². The largest absolute Gasteiger partial charge is 0.310 e. The second-order valence-electron chi connectivity index (χ2n) is 6.50.